The minimum absolute atomic E-state index is 0.674. The molecule has 0 aliphatic heterocycles. The second-order valence-electron chi connectivity index (χ2n) is 14.2. The molecular weight excluding hydrogens is 681 g/mol. The SMILES string of the molecule is c1ccc2c(-c3cc(-c4cccc5ccccc45)nc(-c4ccc(-c5ccc6ccc7ccc(-c8cccc9ccccc89)nc7c6n5)cc4)n3)cccc2c1. The molecule has 8 aromatic carbocycles. The molecule has 4 nitrogen and oxygen atoms in total. The van der Waals surface area contributed by atoms with E-state index in [4.69, 9.17) is 19.9 Å². The molecule has 0 unspecified atom stereocenters. The van der Waals surface area contributed by atoms with Crippen LogP contribution in [0, 0.1) is 0 Å². The molecule has 11 rings (SSSR count). The van der Waals surface area contributed by atoms with Crippen molar-refractivity contribution in [3.05, 3.63) is 194 Å². The standard InChI is InChI=1S/C52H32N4/c1-4-16-40-33(10-1)13-7-19-43(40)47-31-29-38-25-24-37-28-30-46(53-50(37)51(38)54-47)36-22-26-39(27-23-36)52-55-48(44-20-8-14-34-11-2-5-17-41(34)44)32-49(56-52)45-21-9-15-35-12-3-6-18-42(35)45/h1-32H. The van der Waals surface area contributed by atoms with Crippen LogP contribution in [0.1, 0.15) is 0 Å². The average molecular weight is 713 g/mol. The third-order valence-electron chi connectivity index (χ3n) is 10.9. The lowest BCUT2D eigenvalue weighted by Gasteiger charge is -2.13. The van der Waals surface area contributed by atoms with E-state index >= 15 is 0 Å². The van der Waals surface area contributed by atoms with Gasteiger partial charge in [0.15, 0.2) is 5.82 Å². The van der Waals surface area contributed by atoms with Crippen LogP contribution < -0.4 is 0 Å². The second kappa shape index (κ2) is 13.1. The molecule has 0 spiro atoms. The van der Waals surface area contributed by atoms with E-state index in [0.29, 0.717) is 5.82 Å². The maximum absolute atomic E-state index is 5.24. The molecule has 260 valence electrons. The molecule has 0 N–H and O–H groups in total. The summed E-state index contributed by atoms with van der Waals surface area (Å²) in [5.74, 6) is 0.674. The van der Waals surface area contributed by atoms with Crippen molar-refractivity contribution in [2.45, 2.75) is 0 Å². The summed E-state index contributed by atoms with van der Waals surface area (Å²) < 4.78 is 0. The lowest BCUT2D eigenvalue weighted by molar-refractivity contribution is 1.19. The van der Waals surface area contributed by atoms with Gasteiger partial charge in [-0.05, 0) is 50.5 Å². The fourth-order valence-corrected chi connectivity index (χ4v) is 8.07. The van der Waals surface area contributed by atoms with Gasteiger partial charge in [0.25, 0.3) is 0 Å². The third-order valence-corrected chi connectivity index (χ3v) is 10.9. The predicted octanol–water partition coefficient (Wildman–Crippen LogP) is 13.4. The van der Waals surface area contributed by atoms with Crippen LogP contribution >= 0.6 is 0 Å². The molecule has 0 saturated carbocycles. The Hall–Kier alpha value is -7.56. The van der Waals surface area contributed by atoms with Gasteiger partial charge in [0.05, 0.1) is 33.8 Å². The smallest absolute Gasteiger partial charge is 0.160 e. The normalized spacial score (nSPS) is 11.6. The van der Waals surface area contributed by atoms with Crippen molar-refractivity contribution in [2.75, 3.05) is 0 Å². The number of nitrogens with zero attached hydrogens (tertiary/aromatic N) is 4. The molecule has 0 saturated heterocycles. The molecule has 3 aromatic heterocycles. The predicted molar refractivity (Wildman–Crippen MR) is 232 cm³/mol. The summed E-state index contributed by atoms with van der Waals surface area (Å²) in [5, 5.41) is 9.18. The fourth-order valence-electron chi connectivity index (χ4n) is 8.07. The lowest BCUT2D eigenvalue weighted by Crippen LogP contribution is -1.97. The number of pyridine rings is 2. The number of hydrogen-bond acceptors (Lipinski definition) is 4. The first kappa shape index (κ1) is 31.9. The van der Waals surface area contributed by atoms with Gasteiger partial charge in [0.2, 0.25) is 0 Å². The molecule has 56 heavy (non-hydrogen) atoms. The minimum Gasteiger partial charge on any atom is -0.245 e. The maximum atomic E-state index is 5.24. The van der Waals surface area contributed by atoms with Crippen LogP contribution in [0.5, 0.6) is 0 Å². The van der Waals surface area contributed by atoms with Gasteiger partial charge in [-0.1, -0.05) is 176 Å². The summed E-state index contributed by atoms with van der Waals surface area (Å²) in [5.41, 5.74) is 10.6. The van der Waals surface area contributed by atoms with Crippen molar-refractivity contribution in [1.29, 1.82) is 0 Å². The van der Waals surface area contributed by atoms with E-state index in [1.807, 2.05) is 0 Å². The number of benzene rings is 8. The van der Waals surface area contributed by atoms with Gasteiger partial charge < -0.3 is 0 Å². The topological polar surface area (TPSA) is 51.6 Å². The highest BCUT2D eigenvalue weighted by molar-refractivity contribution is 6.05. The minimum atomic E-state index is 0.674. The highest BCUT2D eigenvalue weighted by atomic mass is 14.9. The van der Waals surface area contributed by atoms with Crippen molar-refractivity contribution in [1.82, 2.24) is 19.9 Å². The van der Waals surface area contributed by atoms with Crippen LogP contribution in [0.15, 0.2) is 194 Å². The quantitative estimate of drug-likeness (QED) is 0.167. The summed E-state index contributed by atoms with van der Waals surface area (Å²) >= 11 is 0. The van der Waals surface area contributed by atoms with Gasteiger partial charge in [-0.2, -0.15) is 0 Å². The number of aromatic nitrogens is 4. The molecule has 0 fully saturated rings. The van der Waals surface area contributed by atoms with Gasteiger partial charge in [-0.25, -0.2) is 19.9 Å². The van der Waals surface area contributed by atoms with Crippen molar-refractivity contribution in [2.24, 2.45) is 0 Å². The first-order valence-electron chi connectivity index (χ1n) is 18.9. The second-order valence-corrected chi connectivity index (χ2v) is 14.2. The van der Waals surface area contributed by atoms with Gasteiger partial charge in [0, 0.05) is 38.6 Å². The number of rotatable bonds is 5. The summed E-state index contributed by atoms with van der Waals surface area (Å²) in [6.07, 6.45) is 0. The zero-order valence-corrected chi connectivity index (χ0v) is 30.3. The van der Waals surface area contributed by atoms with E-state index < -0.39 is 0 Å². The Kier molecular flexibility index (Phi) is 7.46. The first-order valence-corrected chi connectivity index (χ1v) is 18.9. The van der Waals surface area contributed by atoms with E-state index in [0.717, 1.165) is 83.2 Å². The molecule has 0 aliphatic carbocycles. The Morgan fingerprint density at radius 1 is 0.250 bits per heavy atom. The van der Waals surface area contributed by atoms with Crippen LogP contribution in [0.3, 0.4) is 0 Å². The highest BCUT2D eigenvalue weighted by Gasteiger charge is 2.15. The summed E-state index contributed by atoms with van der Waals surface area (Å²) in [6.45, 7) is 0. The molecule has 0 radical (unpaired) electrons. The molecular formula is C52H32N4. The molecule has 11 aromatic rings. The van der Waals surface area contributed by atoms with Gasteiger partial charge in [-0.3, -0.25) is 0 Å². The summed E-state index contributed by atoms with van der Waals surface area (Å²) in [6, 6.07) is 68.0. The Bertz CT molecular complexity index is 3200. The molecule has 4 heteroatoms. The lowest BCUT2D eigenvalue weighted by atomic mass is 9.98. The number of hydrogen-bond donors (Lipinski definition) is 0. The first-order chi connectivity index (χ1) is 27.7. The molecule has 0 amide bonds. The molecule has 0 aliphatic rings. The van der Waals surface area contributed by atoms with E-state index in [2.05, 4.69) is 194 Å². The Balaban J connectivity index is 1.02. The zero-order chi connectivity index (χ0) is 37.0. The van der Waals surface area contributed by atoms with E-state index in [-0.39, 0.29) is 0 Å². The average Bonchev–Trinajstić information content (AvgIpc) is 3.28. The van der Waals surface area contributed by atoms with Crippen LogP contribution in [0.25, 0.3) is 111 Å². The van der Waals surface area contributed by atoms with Crippen molar-refractivity contribution >= 4 is 54.1 Å². The van der Waals surface area contributed by atoms with Crippen LogP contribution in [-0.4, -0.2) is 19.9 Å². The van der Waals surface area contributed by atoms with Gasteiger partial charge >= 0.3 is 0 Å². The fraction of sp³-hybridized carbons (Fsp3) is 0. The maximum Gasteiger partial charge on any atom is 0.160 e. The number of fused-ring (bicyclic) bond motifs is 6. The molecule has 3 heterocycles. The molecule has 0 bridgehead atoms. The van der Waals surface area contributed by atoms with E-state index in [9.17, 15) is 0 Å². The third kappa shape index (κ3) is 5.47. The van der Waals surface area contributed by atoms with Gasteiger partial charge in [0.1, 0.15) is 0 Å². The zero-order valence-electron chi connectivity index (χ0n) is 30.3. The van der Waals surface area contributed by atoms with Crippen molar-refractivity contribution < 1.29 is 0 Å². The van der Waals surface area contributed by atoms with E-state index in [1.165, 1.54) is 21.5 Å². The van der Waals surface area contributed by atoms with Crippen molar-refractivity contribution in [3.8, 4) is 56.4 Å². The van der Waals surface area contributed by atoms with Crippen LogP contribution in [0.2, 0.25) is 0 Å². The van der Waals surface area contributed by atoms with Gasteiger partial charge in [-0.15, -0.1) is 0 Å². The Morgan fingerprint density at radius 3 is 1.16 bits per heavy atom. The Labute approximate surface area is 323 Å². The Morgan fingerprint density at radius 2 is 0.643 bits per heavy atom. The summed E-state index contributed by atoms with van der Waals surface area (Å²) in [7, 11) is 0. The van der Waals surface area contributed by atoms with Crippen molar-refractivity contribution in [3.63, 3.8) is 0 Å². The monoisotopic (exact) mass is 712 g/mol. The molecule has 0 atom stereocenters. The summed E-state index contributed by atoms with van der Waals surface area (Å²) in [4.78, 5) is 20.9. The van der Waals surface area contributed by atoms with Crippen LogP contribution in [0.4, 0.5) is 0 Å². The highest BCUT2D eigenvalue weighted by Crippen LogP contribution is 2.36. The largest absolute Gasteiger partial charge is 0.245 e. The van der Waals surface area contributed by atoms with E-state index in [1.54, 1.807) is 0 Å². The van der Waals surface area contributed by atoms with Crippen LogP contribution in [-0.2, 0) is 0 Å².